The van der Waals surface area contributed by atoms with Gasteiger partial charge in [0.25, 0.3) is 0 Å². The quantitative estimate of drug-likeness (QED) is 0.549. The maximum Gasteiger partial charge on any atom is 0.322 e. The summed E-state index contributed by atoms with van der Waals surface area (Å²) in [4.78, 5) is 12.1. The molecule has 0 aromatic carbocycles. The molecule has 1 rings (SSSR count). The van der Waals surface area contributed by atoms with E-state index in [1.807, 2.05) is 25.3 Å². The molecule has 1 aromatic rings. The van der Waals surface area contributed by atoms with Crippen molar-refractivity contribution in [3.8, 4) is 0 Å². The van der Waals surface area contributed by atoms with Crippen LogP contribution in [-0.2, 0) is 14.3 Å². The first-order chi connectivity index (χ1) is 8.53. The molecule has 18 heavy (non-hydrogen) atoms. The van der Waals surface area contributed by atoms with Crippen LogP contribution in [0.2, 0.25) is 0 Å². The number of carbonyl (C=O) groups excluding carboxylic acids is 1. The third-order valence-corrected chi connectivity index (χ3v) is 6.05. The number of halogens is 1. The molecule has 0 saturated heterocycles. The van der Waals surface area contributed by atoms with Crippen LogP contribution in [0.4, 0.5) is 0 Å². The molecule has 1 unspecified atom stereocenters. The first-order valence-corrected chi connectivity index (χ1v) is 8.10. The van der Waals surface area contributed by atoms with Gasteiger partial charge in [-0.25, -0.2) is 0 Å². The number of carbonyl (C=O) groups is 1. The summed E-state index contributed by atoms with van der Waals surface area (Å²) in [5.74, 6) is -0.188. The van der Waals surface area contributed by atoms with Gasteiger partial charge in [-0.3, -0.25) is 4.79 Å². The smallest absolute Gasteiger partial charge is 0.322 e. The summed E-state index contributed by atoms with van der Waals surface area (Å²) in [6, 6.07) is 1.98. The molecule has 3 nitrogen and oxygen atoms in total. The Balaban J connectivity index is 2.83. The van der Waals surface area contributed by atoms with Crippen LogP contribution >= 0.6 is 39.0 Å². The number of esters is 1. The second-order valence-electron chi connectivity index (χ2n) is 3.85. The van der Waals surface area contributed by atoms with Gasteiger partial charge >= 0.3 is 5.97 Å². The summed E-state index contributed by atoms with van der Waals surface area (Å²) in [7, 11) is 1.64. The average molecular weight is 353 g/mol. The molecule has 0 fully saturated rings. The standard InChI is InChI=1S/C12H17BrO3S2/c1-4-16-11(14)12(2,6-7-15-3)18-10-9(13)5-8-17-10/h5,8H,4,6-7H2,1-3H3. The van der Waals surface area contributed by atoms with Gasteiger partial charge in [0.2, 0.25) is 0 Å². The monoisotopic (exact) mass is 352 g/mol. The fourth-order valence-electron chi connectivity index (χ4n) is 1.33. The van der Waals surface area contributed by atoms with Crippen LogP contribution in [0.15, 0.2) is 20.1 Å². The third-order valence-electron chi connectivity index (χ3n) is 2.39. The first-order valence-electron chi connectivity index (χ1n) is 5.61. The molecular formula is C12H17BrO3S2. The Hall–Kier alpha value is -0.0400. The second-order valence-corrected chi connectivity index (χ2v) is 7.39. The van der Waals surface area contributed by atoms with E-state index in [9.17, 15) is 4.79 Å². The van der Waals surface area contributed by atoms with Crippen molar-refractivity contribution in [3.05, 3.63) is 15.9 Å². The van der Waals surface area contributed by atoms with Crippen LogP contribution in [0.25, 0.3) is 0 Å². The van der Waals surface area contributed by atoms with Gasteiger partial charge < -0.3 is 9.47 Å². The molecule has 0 aliphatic rings. The van der Waals surface area contributed by atoms with E-state index >= 15 is 0 Å². The van der Waals surface area contributed by atoms with Gasteiger partial charge in [-0.1, -0.05) is 11.8 Å². The van der Waals surface area contributed by atoms with Gasteiger partial charge in [-0.05, 0) is 47.6 Å². The lowest BCUT2D eigenvalue weighted by Gasteiger charge is -2.25. The van der Waals surface area contributed by atoms with Crippen LogP contribution in [0.3, 0.4) is 0 Å². The van der Waals surface area contributed by atoms with E-state index < -0.39 is 4.75 Å². The number of thioether (sulfide) groups is 1. The van der Waals surface area contributed by atoms with Gasteiger partial charge in [0, 0.05) is 18.2 Å². The molecule has 0 N–H and O–H groups in total. The highest BCUT2D eigenvalue weighted by Crippen LogP contribution is 2.43. The third kappa shape index (κ3) is 4.26. The first kappa shape index (κ1) is 16.0. The highest BCUT2D eigenvalue weighted by atomic mass is 79.9. The average Bonchev–Trinajstić information content (AvgIpc) is 2.73. The van der Waals surface area contributed by atoms with Crippen molar-refractivity contribution in [2.75, 3.05) is 20.3 Å². The fourth-order valence-corrected chi connectivity index (χ4v) is 4.48. The van der Waals surface area contributed by atoms with Crippen molar-refractivity contribution in [3.63, 3.8) is 0 Å². The summed E-state index contributed by atoms with van der Waals surface area (Å²) >= 11 is 6.62. The predicted molar refractivity (Wildman–Crippen MR) is 79.4 cm³/mol. The van der Waals surface area contributed by atoms with E-state index in [0.717, 1.165) is 8.68 Å². The summed E-state index contributed by atoms with van der Waals surface area (Å²) in [5.41, 5.74) is 0. The van der Waals surface area contributed by atoms with Gasteiger partial charge in [0.15, 0.2) is 0 Å². The minimum Gasteiger partial charge on any atom is -0.465 e. The highest BCUT2D eigenvalue weighted by molar-refractivity contribution is 9.10. The number of rotatable bonds is 7. The van der Waals surface area contributed by atoms with E-state index in [1.54, 1.807) is 18.4 Å². The van der Waals surface area contributed by atoms with Crippen LogP contribution in [0.1, 0.15) is 20.3 Å². The summed E-state index contributed by atoms with van der Waals surface area (Å²) in [6.45, 7) is 4.65. The molecule has 102 valence electrons. The normalized spacial score (nSPS) is 14.2. The van der Waals surface area contributed by atoms with Crippen molar-refractivity contribution in [1.29, 1.82) is 0 Å². The number of ether oxygens (including phenoxy) is 2. The second kappa shape index (κ2) is 7.53. The van der Waals surface area contributed by atoms with Gasteiger partial charge in [0.05, 0.1) is 10.8 Å². The lowest BCUT2D eigenvalue weighted by molar-refractivity contribution is -0.146. The Kier molecular flexibility index (Phi) is 6.70. The van der Waals surface area contributed by atoms with E-state index in [4.69, 9.17) is 9.47 Å². The Morgan fingerprint density at radius 1 is 1.61 bits per heavy atom. The Morgan fingerprint density at radius 3 is 2.83 bits per heavy atom. The Morgan fingerprint density at radius 2 is 2.33 bits per heavy atom. The van der Waals surface area contributed by atoms with Crippen molar-refractivity contribution < 1.29 is 14.3 Å². The molecule has 0 spiro atoms. The molecule has 0 aliphatic carbocycles. The minimum atomic E-state index is -0.612. The lowest BCUT2D eigenvalue weighted by atomic mass is 10.1. The summed E-state index contributed by atoms with van der Waals surface area (Å²) < 4.78 is 11.7. The van der Waals surface area contributed by atoms with E-state index in [-0.39, 0.29) is 5.97 Å². The highest BCUT2D eigenvalue weighted by Gasteiger charge is 2.36. The maximum atomic E-state index is 12.1. The Labute approximate surface area is 124 Å². The number of methoxy groups -OCH3 is 1. The maximum absolute atomic E-state index is 12.1. The molecule has 1 heterocycles. The molecule has 0 bridgehead atoms. The van der Waals surface area contributed by atoms with Crippen LogP contribution in [-0.4, -0.2) is 31.0 Å². The zero-order valence-corrected chi connectivity index (χ0v) is 13.9. The zero-order chi connectivity index (χ0) is 13.6. The van der Waals surface area contributed by atoms with Crippen LogP contribution in [0, 0.1) is 0 Å². The van der Waals surface area contributed by atoms with Gasteiger partial charge in [-0.2, -0.15) is 0 Å². The fraction of sp³-hybridized carbons (Fsp3) is 0.583. The van der Waals surface area contributed by atoms with Crippen LogP contribution < -0.4 is 0 Å². The van der Waals surface area contributed by atoms with E-state index in [2.05, 4.69) is 15.9 Å². The number of hydrogen-bond acceptors (Lipinski definition) is 5. The van der Waals surface area contributed by atoms with Crippen molar-refractivity contribution in [2.45, 2.75) is 29.2 Å². The topological polar surface area (TPSA) is 35.5 Å². The largest absolute Gasteiger partial charge is 0.465 e. The van der Waals surface area contributed by atoms with Crippen molar-refractivity contribution >= 4 is 45.0 Å². The van der Waals surface area contributed by atoms with E-state index in [0.29, 0.717) is 19.6 Å². The molecule has 1 aromatic heterocycles. The van der Waals surface area contributed by atoms with Gasteiger partial charge in [0.1, 0.15) is 4.75 Å². The molecule has 0 radical (unpaired) electrons. The van der Waals surface area contributed by atoms with Crippen molar-refractivity contribution in [2.24, 2.45) is 0 Å². The predicted octanol–water partition coefficient (Wildman–Crippen LogP) is 3.96. The summed E-state index contributed by atoms with van der Waals surface area (Å²) in [5, 5.41) is 1.99. The van der Waals surface area contributed by atoms with Crippen molar-refractivity contribution in [1.82, 2.24) is 0 Å². The molecule has 1 atom stereocenters. The lowest BCUT2D eigenvalue weighted by Crippen LogP contribution is -2.34. The Bertz CT molecular complexity index is 394. The molecule has 6 heteroatoms. The minimum absolute atomic E-state index is 0.188. The zero-order valence-electron chi connectivity index (χ0n) is 10.7. The number of hydrogen-bond donors (Lipinski definition) is 0. The molecular weight excluding hydrogens is 336 g/mol. The molecule has 0 aliphatic heterocycles. The summed E-state index contributed by atoms with van der Waals surface area (Å²) in [6.07, 6.45) is 0.622. The van der Waals surface area contributed by atoms with E-state index in [1.165, 1.54) is 11.8 Å². The number of thiophene rings is 1. The van der Waals surface area contributed by atoms with Crippen LogP contribution in [0.5, 0.6) is 0 Å². The van der Waals surface area contributed by atoms with Gasteiger partial charge in [-0.15, -0.1) is 11.3 Å². The molecule has 0 amide bonds. The SMILES string of the molecule is CCOC(=O)C(C)(CCOC)Sc1sccc1Br. The molecule has 0 saturated carbocycles.